The van der Waals surface area contributed by atoms with Gasteiger partial charge in [-0.15, -0.1) is 0 Å². The van der Waals surface area contributed by atoms with Gasteiger partial charge in [-0.3, -0.25) is 0 Å². The second-order valence-corrected chi connectivity index (χ2v) is 7.72. The molecule has 7 heteroatoms. The number of piperidine rings is 2. The Morgan fingerprint density at radius 1 is 1.19 bits per heavy atom. The zero-order chi connectivity index (χ0) is 18.4. The Bertz CT molecular complexity index is 544. The molecule has 7 nitrogen and oxygen atoms in total. The van der Waals surface area contributed by atoms with Crippen LogP contribution in [0.3, 0.4) is 0 Å². The third kappa shape index (κ3) is 5.28. The van der Waals surface area contributed by atoms with Gasteiger partial charge in [-0.1, -0.05) is 6.42 Å². The molecule has 0 aromatic carbocycles. The minimum Gasteiger partial charge on any atom is -0.394 e. The van der Waals surface area contributed by atoms with Crippen molar-refractivity contribution in [3.63, 3.8) is 0 Å². The number of aliphatic hydroxyl groups is 2. The van der Waals surface area contributed by atoms with Gasteiger partial charge < -0.3 is 24.9 Å². The van der Waals surface area contributed by atoms with Gasteiger partial charge in [-0.05, 0) is 50.8 Å². The van der Waals surface area contributed by atoms with Crippen molar-refractivity contribution in [3.05, 3.63) is 12.3 Å². The van der Waals surface area contributed by atoms with Crippen LogP contribution in [0.5, 0.6) is 0 Å². The van der Waals surface area contributed by atoms with Crippen LogP contribution in [0.15, 0.2) is 12.3 Å². The van der Waals surface area contributed by atoms with E-state index in [1.54, 1.807) is 6.20 Å². The van der Waals surface area contributed by atoms with E-state index in [9.17, 15) is 5.11 Å². The highest BCUT2D eigenvalue weighted by Crippen LogP contribution is 2.24. The summed E-state index contributed by atoms with van der Waals surface area (Å²) >= 11 is 0. The smallest absolute Gasteiger partial charge is 0.227 e. The molecule has 0 radical (unpaired) electrons. The molecular formula is C19H33N5O2. The van der Waals surface area contributed by atoms with Gasteiger partial charge >= 0.3 is 0 Å². The molecule has 146 valence electrons. The summed E-state index contributed by atoms with van der Waals surface area (Å²) in [4.78, 5) is 15.9. The molecular weight excluding hydrogens is 330 g/mol. The molecule has 2 fully saturated rings. The summed E-state index contributed by atoms with van der Waals surface area (Å²) in [6.45, 7) is 5.92. The van der Waals surface area contributed by atoms with Crippen LogP contribution in [0.25, 0.3) is 0 Å². The molecule has 2 saturated heterocycles. The lowest BCUT2D eigenvalue weighted by Crippen LogP contribution is -2.41. The third-order valence-electron chi connectivity index (χ3n) is 5.58. The number of anilines is 2. The zero-order valence-corrected chi connectivity index (χ0v) is 15.9. The van der Waals surface area contributed by atoms with Crippen LogP contribution >= 0.6 is 0 Å². The van der Waals surface area contributed by atoms with Gasteiger partial charge in [0.2, 0.25) is 5.95 Å². The summed E-state index contributed by atoms with van der Waals surface area (Å²) in [5, 5.41) is 18.6. The van der Waals surface area contributed by atoms with Gasteiger partial charge in [0.05, 0.1) is 12.7 Å². The molecule has 3 rings (SSSR count). The molecule has 0 bridgehead atoms. The first kappa shape index (κ1) is 19.3. The zero-order valence-electron chi connectivity index (χ0n) is 15.9. The molecule has 0 amide bonds. The van der Waals surface area contributed by atoms with Crippen LogP contribution in [-0.4, -0.2) is 84.1 Å². The monoisotopic (exact) mass is 363 g/mol. The topological polar surface area (TPSA) is 76.0 Å². The molecule has 0 unspecified atom stereocenters. The van der Waals surface area contributed by atoms with Crippen LogP contribution in [0.4, 0.5) is 11.8 Å². The van der Waals surface area contributed by atoms with Crippen molar-refractivity contribution in [1.29, 1.82) is 0 Å². The Hall–Kier alpha value is -1.44. The fourth-order valence-electron chi connectivity index (χ4n) is 3.99. The second-order valence-electron chi connectivity index (χ2n) is 7.72. The van der Waals surface area contributed by atoms with Gasteiger partial charge in [0, 0.05) is 39.4 Å². The maximum absolute atomic E-state index is 9.62. The Balaban J connectivity index is 1.51. The van der Waals surface area contributed by atoms with Crippen molar-refractivity contribution >= 4 is 11.8 Å². The van der Waals surface area contributed by atoms with E-state index in [2.05, 4.69) is 19.8 Å². The largest absolute Gasteiger partial charge is 0.394 e. The van der Waals surface area contributed by atoms with Crippen LogP contribution in [-0.2, 0) is 0 Å². The summed E-state index contributed by atoms with van der Waals surface area (Å²) in [5.41, 5.74) is 0. The highest BCUT2D eigenvalue weighted by Gasteiger charge is 2.24. The first-order chi connectivity index (χ1) is 12.7. The predicted octanol–water partition coefficient (Wildman–Crippen LogP) is 0.968. The Labute approximate surface area is 156 Å². The van der Waals surface area contributed by atoms with Gasteiger partial charge in [0.1, 0.15) is 5.82 Å². The van der Waals surface area contributed by atoms with E-state index in [4.69, 9.17) is 5.11 Å². The summed E-state index contributed by atoms with van der Waals surface area (Å²) in [5.74, 6) is 2.33. The van der Waals surface area contributed by atoms with Crippen molar-refractivity contribution in [2.24, 2.45) is 5.92 Å². The fourth-order valence-corrected chi connectivity index (χ4v) is 3.99. The minimum absolute atomic E-state index is 0.243. The molecule has 0 saturated carbocycles. The van der Waals surface area contributed by atoms with Crippen LogP contribution < -0.4 is 9.80 Å². The highest BCUT2D eigenvalue weighted by atomic mass is 16.3. The molecule has 1 aromatic rings. The van der Waals surface area contributed by atoms with Crippen molar-refractivity contribution < 1.29 is 10.2 Å². The Kier molecular flexibility index (Phi) is 7.05. The minimum atomic E-state index is -0.760. The predicted molar refractivity (Wildman–Crippen MR) is 104 cm³/mol. The molecule has 2 N–H and O–H groups in total. The van der Waals surface area contributed by atoms with Crippen LogP contribution in [0.2, 0.25) is 0 Å². The SMILES string of the molecule is CN(C[C@H](O)CO)c1ccnc(N2CCC(CN3CCCCC3)CC2)n1. The Morgan fingerprint density at radius 3 is 2.62 bits per heavy atom. The lowest BCUT2D eigenvalue weighted by Gasteiger charge is -2.36. The van der Waals surface area contributed by atoms with E-state index in [1.165, 1.54) is 51.7 Å². The van der Waals surface area contributed by atoms with Crippen LogP contribution in [0, 0.1) is 5.92 Å². The van der Waals surface area contributed by atoms with Gasteiger partial charge in [0.15, 0.2) is 0 Å². The maximum atomic E-state index is 9.62. The highest BCUT2D eigenvalue weighted by molar-refractivity contribution is 5.43. The fraction of sp³-hybridized carbons (Fsp3) is 0.789. The van der Waals surface area contributed by atoms with E-state index in [1.807, 2.05) is 18.0 Å². The van der Waals surface area contributed by atoms with Crippen molar-refractivity contribution in [2.75, 3.05) is 62.7 Å². The standard InChI is InChI=1S/C19H33N5O2/c1-22(14-17(26)15-25)18-5-8-20-19(21-18)24-11-6-16(7-12-24)13-23-9-3-2-4-10-23/h5,8,16-17,25-26H,2-4,6-7,9-15H2,1H3/t17-/m0/s1. The summed E-state index contributed by atoms with van der Waals surface area (Å²) in [6, 6.07) is 1.84. The molecule has 26 heavy (non-hydrogen) atoms. The number of nitrogens with zero attached hydrogens (tertiary/aromatic N) is 5. The normalized spacial score (nSPS) is 21.0. The Morgan fingerprint density at radius 2 is 1.92 bits per heavy atom. The van der Waals surface area contributed by atoms with E-state index < -0.39 is 6.10 Å². The molecule has 0 aliphatic carbocycles. The number of hydrogen-bond acceptors (Lipinski definition) is 7. The average molecular weight is 364 g/mol. The summed E-state index contributed by atoms with van der Waals surface area (Å²) in [7, 11) is 1.87. The van der Waals surface area contributed by atoms with E-state index in [0.717, 1.165) is 30.8 Å². The number of likely N-dealkylation sites (N-methyl/N-ethyl adjacent to an activating group) is 1. The lowest BCUT2D eigenvalue weighted by atomic mass is 9.95. The van der Waals surface area contributed by atoms with Gasteiger partial charge in [0.25, 0.3) is 0 Å². The molecule has 1 aromatic heterocycles. The van der Waals surface area contributed by atoms with Gasteiger partial charge in [-0.2, -0.15) is 4.98 Å². The second kappa shape index (κ2) is 9.48. The van der Waals surface area contributed by atoms with Crippen LogP contribution in [0.1, 0.15) is 32.1 Å². The quantitative estimate of drug-likeness (QED) is 0.747. The van der Waals surface area contributed by atoms with Gasteiger partial charge in [-0.25, -0.2) is 4.98 Å². The van der Waals surface area contributed by atoms with E-state index in [-0.39, 0.29) is 6.61 Å². The molecule has 2 aliphatic heterocycles. The first-order valence-corrected chi connectivity index (χ1v) is 9.96. The van der Waals surface area contributed by atoms with E-state index in [0.29, 0.717) is 6.54 Å². The number of hydrogen-bond donors (Lipinski definition) is 2. The summed E-state index contributed by atoms with van der Waals surface area (Å²) in [6.07, 6.45) is 7.53. The maximum Gasteiger partial charge on any atom is 0.227 e. The van der Waals surface area contributed by atoms with Crippen molar-refractivity contribution in [2.45, 2.75) is 38.2 Å². The third-order valence-corrected chi connectivity index (χ3v) is 5.58. The van der Waals surface area contributed by atoms with E-state index >= 15 is 0 Å². The number of aromatic nitrogens is 2. The van der Waals surface area contributed by atoms with Crippen molar-refractivity contribution in [1.82, 2.24) is 14.9 Å². The molecule has 3 heterocycles. The first-order valence-electron chi connectivity index (χ1n) is 9.96. The van der Waals surface area contributed by atoms with Crippen molar-refractivity contribution in [3.8, 4) is 0 Å². The molecule has 1 atom stereocenters. The average Bonchev–Trinajstić information content (AvgIpc) is 2.69. The number of rotatable bonds is 7. The lowest BCUT2D eigenvalue weighted by molar-refractivity contribution is 0.101. The number of aliphatic hydroxyl groups excluding tert-OH is 2. The number of likely N-dealkylation sites (tertiary alicyclic amines) is 1. The molecule has 0 spiro atoms. The molecule has 2 aliphatic rings. The summed E-state index contributed by atoms with van der Waals surface area (Å²) < 4.78 is 0.